The lowest BCUT2D eigenvalue weighted by atomic mass is 10.0. The van der Waals surface area contributed by atoms with Crippen molar-refractivity contribution in [2.24, 2.45) is 11.7 Å². The molecule has 11 nitrogen and oxygen atoms in total. The number of amides is 2. The second-order valence-corrected chi connectivity index (χ2v) is 5.89. The van der Waals surface area contributed by atoms with Crippen LogP contribution in [0.25, 0.3) is 0 Å². The van der Waals surface area contributed by atoms with Crippen LogP contribution < -0.4 is 16.4 Å². The third-order valence-electron chi connectivity index (χ3n) is 3.07. The molecule has 0 bridgehead atoms. The Morgan fingerprint density at radius 3 is 1.68 bits per heavy atom. The minimum absolute atomic E-state index is 0.0828. The molecular formula is C14H23N3O8. The monoisotopic (exact) mass is 361 g/mol. The average Bonchev–Trinajstić information content (AvgIpc) is 2.43. The van der Waals surface area contributed by atoms with E-state index in [1.54, 1.807) is 0 Å². The van der Waals surface area contributed by atoms with Gasteiger partial charge in [0.2, 0.25) is 11.8 Å². The van der Waals surface area contributed by atoms with Gasteiger partial charge >= 0.3 is 17.9 Å². The van der Waals surface area contributed by atoms with Crippen molar-refractivity contribution in [3.63, 3.8) is 0 Å². The number of carbonyl (C=O) groups is 5. The Bertz CT molecular complexity index is 534. The molecule has 0 aromatic carbocycles. The maximum atomic E-state index is 12.1. The molecule has 0 radical (unpaired) electrons. The van der Waals surface area contributed by atoms with E-state index in [1.807, 2.05) is 19.2 Å². The summed E-state index contributed by atoms with van der Waals surface area (Å²) in [4.78, 5) is 56.5. The highest BCUT2D eigenvalue weighted by Gasteiger charge is 2.30. The zero-order valence-corrected chi connectivity index (χ0v) is 13.9. The number of nitrogens with one attached hydrogen (secondary N) is 2. The number of carbonyl (C=O) groups excluding carboxylic acids is 2. The van der Waals surface area contributed by atoms with Gasteiger partial charge < -0.3 is 31.7 Å². The topological polar surface area (TPSA) is 196 Å². The lowest BCUT2D eigenvalue weighted by Gasteiger charge is -2.22. The largest absolute Gasteiger partial charge is 0.481 e. The van der Waals surface area contributed by atoms with Gasteiger partial charge in [-0.3, -0.25) is 19.2 Å². The lowest BCUT2D eigenvalue weighted by molar-refractivity contribution is -0.148. The fourth-order valence-corrected chi connectivity index (χ4v) is 1.92. The van der Waals surface area contributed by atoms with E-state index in [2.05, 4.69) is 5.32 Å². The number of aliphatic carboxylic acids is 3. The Balaban J connectivity index is 5.08. The normalized spacial score (nSPS) is 14.2. The number of hydrogen-bond donors (Lipinski definition) is 6. The number of hydrogen-bond acceptors (Lipinski definition) is 6. The van der Waals surface area contributed by atoms with Gasteiger partial charge in [-0.15, -0.1) is 0 Å². The van der Waals surface area contributed by atoms with Crippen molar-refractivity contribution in [1.82, 2.24) is 10.6 Å². The molecule has 11 heteroatoms. The maximum absolute atomic E-state index is 12.1. The second kappa shape index (κ2) is 10.2. The molecule has 0 aliphatic carbocycles. The molecule has 0 spiro atoms. The van der Waals surface area contributed by atoms with Crippen LogP contribution in [0, 0.1) is 5.92 Å². The molecule has 3 unspecified atom stereocenters. The van der Waals surface area contributed by atoms with E-state index < -0.39 is 60.7 Å². The van der Waals surface area contributed by atoms with Gasteiger partial charge in [-0.2, -0.15) is 0 Å². The predicted octanol–water partition coefficient (Wildman–Crippen LogP) is -1.64. The summed E-state index contributed by atoms with van der Waals surface area (Å²) >= 11 is 0. The molecule has 0 rings (SSSR count). The van der Waals surface area contributed by atoms with E-state index in [1.165, 1.54) is 0 Å². The number of carboxylic acid groups (broad SMARTS) is 3. The zero-order valence-electron chi connectivity index (χ0n) is 13.9. The summed E-state index contributed by atoms with van der Waals surface area (Å²) in [6.07, 6.45) is -1.42. The first-order valence-electron chi connectivity index (χ1n) is 7.46. The molecule has 0 saturated heterocycles. The van der Waals surface area contributed by atoms with E-state index in [0.717, 1.165) is 0 Å². The van der Waals surface area contributed by atoms with Crippen molar-refractivity contribution < 1.29 is 39.3 Å². The van der Waals surface area contributed by atoms with Crippen LogP contribution in [-0.2, 0) is 24.0 Å². The summed E-state index contributed by atoms with van der Waals surface area (Å²) in [7, 11) is 0. The van der Waals surface area contributed by atoms with Crippen molar-refractivity contribution in [3.05, 3.63) is 0 Å². The molecule has 0 aromatic heterocycles. The second-order valence-electron chi connectivity index (χ2n) is 5.89. The fraction of sp³-hybridized carbons (Fsp3) is 0.643. The van der Waals surface area contributed by atoms with E-state index >= 15 is 0 Å². The molecule has 0 aromatic rings. The summed E-state index contributed by atoms with van der Waals surface area (Å²) < 4.78 is 0. The minimum atomic E-state index is -1.76. The van der Waals surface area contributed by atoms with Gasteiger partial charge in [0.25, 0.3) is 0 Å². The summed E-state index contributed by atoms with van der Waals surface area (Å²) in [5.74, 6) is -6.29. The van der Waals surface area contributed by atoms with Gasteiger partial charge in [-0.05, 0) is 12.3 Å². The summed E-state index contributed by atoms with van der Waals surface area (Å²) in [5.41, 5.74) is 5.65. The van der Waals surface area contributed by atoms with Gasteiger partial charge in [0, 0.05) is 0 Å². The van der Waals surface area contributed by atoms with Crippen molar-refractivity contribution >= 4 is 29.7 Å². The first-order chi connectivity index (χ1) is 11.4. The molecule has 7 N–H and O–H groups in total. The quantitative estimate of drug-likeness (QED) is 0.250. The number of carboxylic acids is 3. The van der Waals surface area contributed by atoms with Crippen LogP contribution in [0.3, 0.4) is 0 Å². The highest BCUT2D eigenvalue weighted by Crippen LogP contribution is 2.04. The van der Waals surface area contributed by atoms with Crippen molar-refractivity contribution in [2.75, 3.05) is 0 Å². The summed E-state index contributed by atoms with van der Waals surface area (Å²) in [6.45, 7) is 3.63. The van der Waals surface area contributed by atoms with E-state index in [9.17, 15) is 24.0 Å². The summed E-state index contributed by atoms with van der Waals surface area (Å²) in [6, 6.07) is -4.32. The van der Waals surface area contributed by atoms with Gasteiger partial charge in [-0.25, -0.2) is 4.79 Å². The predicted molar refractivity (Wildman–Crippen MR) is 83.4 cm³/mol. The van der Waals surface area contributed by atoms with Crippen LogP contribution in [0.15, 0.2) is 0 Å². The third-order valence-corrected chi connectivity index (χ3v) is 3.07. The first-order valence-corrected chi connectivity index (χ1v) is 7.46. The zero-order chi connectivity index (χ0) is 19.7. The molecule has 0 heterocycles. The van der Waals surface area contributed by atoms with E-state index in [4.69, 9.17) is 21.1 Å². The van der Waals surface area contributed by atoms with Crippen LogP contribution in [0.4, 0.5) is 0 Å². The highest BCUT2D eigenvalue weighted by molar-refractivity contribution is 5.94. The van der Waals surface area contributed by atoms with Gasteiger partial charge in [0.05, 0.1) is 18.9 Å². The van der Waals surface area contributed by atoms with Crippen LogP contribution in [-0.4, -0.2) is 63.2 Å². The minimum Gasteiger partial charge on any atom is -0.481 e. The maximum Gasteiger partial charge on any atom is 0.326 e. The van der Waals surface area contributed by atoms with E-state index in [-0.39, 0.29) is 5.92 Å². The Kier molecular flexibility index (Phi) is 9.13. The molecule has 142 valence electrons. The van der Waals surface area contributed by atoms with Crippen LogP contribution in [0.1, 0.15) is 33.1 Å². The average molecular weight is 361 g/mol. The third kappa shape index (κ3) is 9.25. The molecule has 0 aliphatic heterocycles. The Morgan fingerprint density at radius 1 is 0.840 bits per heavy atom. The molecular weight excluding hydrogens is 338 g/mol. The molecule has 0 aliphatic rings. The fourth-order valence-electron chi connectivity index (χ4n) is 1.92. The molecule has 2 amide bonds. The molecule has 3 atom stereocenters. The highest BCUT2D eigenvalue weighted by atomic mass is 16.4. The number of nitrogens with two attached hydrogens (primary N) is 1. The van der Waals surface area contributed by atoms with Crippen LogP contribution in [0.5, 0.6) is 0 Å². The van der Waals surface area contributed by atoms with Crippen molar-refractivity contribution in [2.45, 2.75) is 51.2 Å². The van der Waals surface area contributed by atoms with Gasteiger partial charge in [-0.1, -0.05) is 13.8 Å². The first kappa shape index (κ1) is 22.3. The van der Waals surface area contributed by atoms with Crippen LogP contribution >= 0.6 is 0 Å². The lowest BCUT2D eigenvalue weighted by Crippen LogP contribution is -2.55. The van der Waals surface area contributed by atoms with E-state index in [0.29, 0.717) is 6.42 Å². The van der Waals surface area contributed by atoms with Crippen LogP contribution in [0.2, 0.25) is 0 Å². The Labute approximate surface area is 143 Å². The SMILES string of the molecule is CC(C)CC(N)C(=O)NC(CC(=O)O)C(=O)NC(CC(=O)O)C(=O)O. The standard InChI is InChI=1S/C14H23N3O8/c1-6(2)3-7(15)12(22)16-8(4-10(18)19)13(23)17-9(14(24)25)5-11(20)21/h6-9H,3-5,15H2,1-2H3,(H,16,22)(H,17,23)(H,18,19)(H,20,21)(H,24,25). The van der Waals surface area contributed by atoms with Gasteiger partial charge in [0.15, 0.2) is 0 Å². The smallest absolute Gasteiger partial charge is 0.326 e. The van der Waals surface area contributed by atoms with Gasteiger partial charge in [0.1, 0.15) is 12.1 Å². The Morgan fingerprint density at radius 2 is 1.28 bits per heavy atom. The molecule has 0 fully saturated rings. The number of rotatable bonds is 11. The van der Waals surface area contributed by atoms with Crippen molar-refractivity contribution in [3.8, 4) is 0 Å². The molecule has 25 heavy (non-hydrogen) atoms. The Hall–Kier alpha value is -2.69. The van der Waals surface area contributed by atoms with Crippen molar-refractivity contribution in [1.29, 1.82) is 0 Å². The summed E-state index contributed by atoms with van der Waals surface area (Å²) in [5, 5.41) is 30.4. The molecule has 0 saturated carbocycles.